The van der Waals surface area contributed by atoms with E-state index in [4.69, 9.17) is 14.9 Å². The first-order valence-electron chi connectivity index (χ1n) is 12.2. The Bertz CT molecular complexity index is 1350. The normalized spacial score (nSPS) is 14.1. The number of piperidine rings is 1. The van der Waals surface area contributed by atoms with Gasteiger partial charge in [-0.2, -0.15) is 5.10 Å². The van der Waals surface area contributed by atoms with Crippen molar-refractivity contribution in [2.45, 2.75) is 26.3 Å². The van der Waals surface area contributed by atoms with E-state index in [1.165, 1.54) is 12.7 Å². The summed E-state index contributed by atoms with van der Waals surface area (Å²) in [5.41, 5.74) is 11.7. The molecule has 1 aromatic carbocycles. The first-order chi connectivity index (χ1) is 17.6. The predicted molar refractivity (Wildman–Crippen MR) is 145 cm³/mol. The number of anilines is 2. The number of carbonyl (C=O) groups excluding carboxylic acids is 1. The number of hydrogen-bond donors (Lipinski definition) is 2. The third kappa shape index (κ3) is 5.46. The van der Waals surface area contributed by atoms with Gasteiger partial charge in [-0.15, -0.1) is 12.4 Å². The second kappa shape index (κ2) is 11.7. The van der Waals surface area contributed by atoms with Crippen LogP contribution >= 0.6 is 12.4 Å². The molecule has 0 unspecified atom stereocenters. The maximum atomic E-state index is 12.8. The van der Waals surface area contributed by atoms with Gasteiger partial charge in [-0.1, -0.05) is 0 Å². The molecule has 1 saturated heterocycles. The van der Waals surface area contributed by atoms with Crippen molar-refractivity contribution in [2.75, 3.05) is 43.6 Å². The molecule has 1 amide bonds. The van der Waals surface area contributed by atoms with E-state index in [1.807, 2.05) is 23.9 Å². The van der Waals surface area contributed by atoms with E-state index in [9.17, 15) is 4.79 Å². The van der Waals surface area contributed by atoms with Crippen LogP contribution in [0.5, 0.6) is 0 Å². The number of carbonyl (C=O) groups is 1. The van der Waals surface area contributed by atoms with Crippen molar-refractivity contribution < 1.29 is 13.9 Å². The van der Waals surface area contributed by atoms with E-state index in [-0.39, 0.29) is 24.0 Å². The zero-order valence-corrected chi connectivity index (χ0v) is 21.8. The number of oxazole rings is 1. The zero-order valence-electron chi connectivity index (χ0n) is 21.0. The summed E-state index contributed by atoms with van der Waals surface area (Å²) in [5, 5.41) is 8.62. The first-order valence-corrected chi connectivity index (χ1v) is 12.2. The molecule has 1 aliphatic heterocycles. The molecule has 0 aliphatic carbocycles. The number of pyridine rings is 1. The van der Waals surface area contributed by atoms with Crippen LogP contribution in [0.15, 0.2) is 47.7 Å². The maximum Gasteiger partial charge on any atom is 0.277 e. The molecule has 0 saturated carbocycles. The highest BCUT2D eigenvalue weighted by molar-refractivity contribution is 6.06. The molecule has 0 spiro atoms. The Balaban J connectivity index is 0.00000320. The molecule has 10 nitrogen and oxygen atoms in total. The number of halogens is 1. The monoisotopic (exact) mass is 525 g/mol. The third-order valence-corrected chi connectivity index (χ3v) is 6.88. The minimum atomic E-state index is -0.339. The first kappa shape index (κ1) is 26.6. The van der Waals surface area contributed by atoms with Gasteiger partial charge < -0.3 is 25.1 Å². The summed E-state index contributed by atoms with van der Waals surface area (Å²) in [5.74, 6) is 0.201. The van der Waals surface area contributed by atoms with Gasteiger partial charge in [0.1, 0.15) is 6.26 Å². The number of aryl methyl sites for hydroxylation is 1. The molecule has 0 radical (unpaired) electrons. The molecule has 1 fully saturated rings. The third-order valence-electron chi connectivity index (χ3n) is 6.88. The lowest BCUT2D eigenvalue weighted by atomic mass is 9.93. The van der Waals surface area contributed by atoms with E-state index >= 15 is 0 Å². The summed E-state index contributed by atoms with van der Waals surface area (Å²) in [4.78, 5) is 23.8. The molecular formula is C26H32ClN7O3. The number of nitrogens with zero attached hydrogens (tertiary/aromatic N) is 5. The van der Waals surface area contributed by atoms with Crippen LogP contribution in [0.1, 0.15) is 29.0 Å². The number of amides is 1. The standard InChI is InChI=1S/C26H31N7O3.ClH/c1-17-25(21(3-6-28-17)31-26(34)22-15-36-16-29-22)20-11-19-14-30-33(9-10-35-2)23(19)12-24(20)32-7-4-18(13-27)5-8-32;/h3,6,11-12,14-16,18H,4-5,7-10,13,27H2,1-2H3,(H,28,31,34);1H. The van der Waals surface area contributed by atoms with E-state index in [1.54, 1.807) is 13.3 Å². The number of methoxy groups -OCH3 is 1. The Labute approximate surface area is 221 Å². The van der Waals surface area contributed by atoms with Crippen LogP contribution in [0.3, 0.4) is 0 Å². The quantitative estimate of drug-likeness (QED) is 0.355. The molecule has 3 aromatic heterocycles. The molecule has 3 N–H and O–H groups in total. The van der Waals surface area contributed by atoms with Gasteiger partial charge in [0.2, 0.25) is 0 Å². The Kier molecular flexibility index (Phi) is 8.42. The van der Waals surface area contributed by atoms with Crippen LogP contribution in [0.25, 0.3) is 22.0 Å². The average Bonchev–Trinajstić information content (AvgIpc) is 3.57. The van der Waals surface area contributed by atoms with Gasteiger partial charge in [-0.3, -0.25) is 14.5 Å². The summed E-state index contributed by atoms with van der Waals surface area (Å²) in [6.45, 7) is 5.73. The lowest BCUT2D eigenvalue weighted by Crippen LogP contribution is -2.36. The summed E-state index contributed by atoms with van der Waals surface area (Å²) >= 11 is 0. The Morgan fingerprint density at radius 1 is 1.27 bits per heavy atom. The second-order valence-electron chi connectivity index (χ2n) is 9.10. The highest BCUT2D eigenvalue weighted by Crippen LogP contribution is 2.41. The lowest BCUT2D eigenvalue weighted by Gasteiger charge is -2.35. The molecule has 11 heteroatoms. The smallest absolute Gasteiger partial charge is 0.277 e. The van der Waals surface area contributed by atoms with Crippen LogP contribution in [0.4, 0.5) is 11.4 Å². The second-order valence-corrected chi connectivity index (χ2v) is 9.10. The van der Waals surface area contributed by atoms with Crippen LogP contribution in [-0.4, -0.2) is 59.0 Å². The number of aromatic nitrogens is 4. The highest BCUT2D eigenvalue weighted by Gasteiger charge is 2.24. The summed E-state index contributed by atoms with van der Waals surface area (Å²) in [7, 11) is 1.69. The van der Waals surface area contributed by atoms with Crippen molar-refractivity contribution in [1.82, 2.24) is 19.7 Å². The number of ether oxygens (including phenoxy) is 1. The molecule has 0 atom stereocenters. The summed E-state index contributed by atoms with van der Waals surface area (Å²) < 4.78 is 12.2. The molecule has 1 aliphatic rings. The Hall–Kier alpha value is -3.47. The molecule has 4 heterocycles. The maximum absolute atomic E-state index is 12.8. The van der Waals surface area contributed by atoms with Crippen LogP contribution in [-0.2, 0) is 11.3 Å². The molecule has 196 valence electrons. The van der Waals surface area contributed by atoms with E-state index < -0.39 is 0 Å². The van der Waals surface area contributed by atoms with Crippen molar-refractivity contribution in [1.29, 1.82) is 0 Å². The number of hydrogen-bond acceptors (Lipinski definition) is 8. The fourth-order valence-electron chi connectivity index (χ4n) is 4.86. The van der Waals surface area contributed by atoms with Gasteiger partial charge in [0.05, 0.1) is 30.6 Å². The van der Waals surface area contributed by atoms with Gasteiger partial charge in [-0.25, -0.2) is 4.98 Å². The number of nitrogens with one attached hydrogen (secondary N) is 1. The fourth-order valence-corrected chi connectivity index (χ4v) is 4.86. The lowest BCUT2D eigenvalue weighted by molar-refractivity contribution is 0.102. The summed E-state index contributed by atoms with van der Waals surface area (Å²) in [6.07, 6.45) is 8.23. The number of rotatable bonds is 8. The van der Waals surface area contributed by atoms with Gasteiger partial charge in [0.15, 0.2) is 12.1 Å². The van der Waals surface area contributed by atoms with Gasteiger partial charge in [-0.05, 0) is 50.4 Å². The number of nitrogens with two attached hydrogens (primary N) is 1. The SMILES string of the molecule is COCCn1ncc2cc(-c3c(NC(=O)c4cocn4)ccnc3C)c(N3CCC(CN)CC3)cc21.Cl. The van der Waals surface area contributed by atoms with E-state index in [0.29, 0.717) is 31.3 Å². The minimum Gasteiger partial charge on any atom is -0.451 e. The van der Waals surface area contributed by atoms with Crippen LogP contribution < -0.4 is 16.0 Å². The van der Waals surface area contributed by atoms with Crippen molar-refractivity contribution in [3.05, 3.63) is 54.6 Å². The predicted octanol–water partition coefficient (Wildman–Crippen LogP) is 3.89. The number of benzene rings is 1. The van der Waals surface area contributed by atoms with Gasteiger partial charge in [0, 0.05) is 54.3 Å². The summed E-state index contributed by atoms with van der Waals surface area (Å²) in [6, 6.07) is 6.16. The van der Waals surface area contributed by atoms with Gasteiger partial charge in [0.25, 0.3) is 5.91 Å². The van der Waals surface area contributed by atoms with Crippen LogP contribution in [0, 0.1) is 12.8 Å². The topological polar surface area (TPSA) is 124 Å². The van der Waals surface area contributed by atoms with Crippen molar-refractivity contribution >= 4 is 40.6 Å². The zero-order chi connectivity index (χ0) is 25.1. The van der Waals surface area contributed by atoms with E-state index in [0.717, 1.165) is 59.3 Å². The molecule has 5 rings (SSSR count). The highest BCUT2D eigenvalue weighted by atomic mass is 35.5. The van der Waals surface area contributed by atoms with E-state index in [2.05, 4.69) is 37.4 Å². The Morgan fingerprint density at radius 2 is 2.08 bits per heavy atom. The fraction of sp³-hybridized carbons (Fsp3) is 0.385. The molecule has 4 aromatic rings. The molecular weight excluding hydrogens is 494 g/mol. The Morgan fingerprint density at radius 3 is 2.78 bits per heavy atom. The average molecular weight is 526 g/mol. The van der Waals surface area contributed by atoms with Gasteiger partial charge >= 0.3 is 0 Å². The largest absolute Gasteiger partial charge is 0.451 e. The molecule has 0 bridgehead atoms. The van der Waals surface area contributed by atoms with Crippen molar-refractivity contribution in [2.24, 2.45) is 11.7 Å². The minimum absolute atomic E-state index is 0. The molecule has 37 heavy (non-hydrogen) atoms. The van der Waals surface area contributed by atoms with Crippen LogP contribution in [0.2, 0.25) is 0 Å². The number of fused-ring (bicyclic) bond motifs is 1. The van der Waals surface area contributed by atoms with Crippen molar-refractivity contribution in [3.63, 3.8) is 0 Å². The van der Waals surface area contributed by atoms with Crippen molar-refractivity contribution in [3.8, 4) is 11.1 Å².